The summed E-state index contributed by atoms with van der Waals surface area (Å²) in [5, 5.41) is 8.68. The number of amides is 1. The van der Waals surface area contributed by atoms with E-state index in [1.54, 1.807) is 0 Å². The van der Waals surface area contributed by atoms with Crippen molar-refractivity contribution in [3.8, 4) is 0 Å². The molecule has 0 atom stereocenters. The second kappa shape index (κ2) is 6.03. The summed E-state index contributed by atoms with van der Waals surface area (Å²) in [6, 6.07) is 7.57. The van der Waals surface area contributed by atoms with Crippen molar-refractivity contribution in [3.05, 3.63) is 29.8 Å². The largest absolute Gasteiger partial charge is 0.481 e. The number of anilines is 1. The predicted octanol–water partition coefficient (Wildman–Crippen LogP) is 2.08. The average Bonchev–Trinajstić information content (AvgIpc) is 2.29. The number of nitrogens with zero attached hydrogens (tertiary/aromatic N) is 1. The number of hydrogen-bond acceptors (Lipinski definition) is 2. The number of aliphatic carboxylic acids is 1. The third-order valence-corrected chi connectivity index (χ3v) is 2.59. The molecule has 4 nitrogen and oxygen atoms in total. The molecular formula is C13H17NO3. The summed E-state index contributed by atoms with van der Waals surface area (Å²) in [4.78, 5) is 23.7. The molecule has 0 saturated carbocycles. The predicted molar refractivity (Wildman–Crippen MR) is 66.1 cm³/mol. The van der Waals surface area contributed by atoms with Crippen molar-refractivity contribution in [2.24, 2.45) is 0 Å². The van der Waals surface area contributed by atoms with E-state index in [0.717, 1.165) is 17.7 Å². The Balaban J connectivity index is 2.96. The van der Waals surface area contributed by atoms with E-state index in [4.69, 9.17) is 5.11 Å². The van der Waals surface area contributed by atoms with Gasteiger partial charge >= 0.3 is 5.97 Å². The molecule has 92 valence electrons. The van der Waals surface area contributed by atoms with E-state index in [0.29, 0.717) is 0 Å². The van der Waals surface area contributed by atoms with Gasteiger partial charge in [-0.15, -0.1) is 0 Å². The van der Waals surface area contributed by atoms with Crippen molar-refractivity contribution in [1.82, 2.24) is 0 Å². The fourth-order valence-electron chi connectivity index (χ4n) is 1.73. The van der Waals surface area contributed by atoms with E-state index < -0.39 is 5.97 Å². The molecule has 4 heteroatoms. The molecule has 0 aliphatic rings. The first-order valence-electron chi connectivity index (χ1n) is 5.64. The van der Waals surface area contributed by atoms with Crippen LogP contribution in [0.4, 0.5) is 5.69 Å². The standard InChI is InChI=1S/C13H17NO3/c1-3-11-6-4-5-7-12(11)14(10(2)15)9-8-13(16)17/h4-7H,3,8-9H2,1-2H3,(H,16,17). The van der Waals surface area contributed by atoms with Gasteiger partial charge in [0.1, 0.15) is 0 Å². The molecule has 1 N–H and O–H groups in total. The summed E-state index contributed by atoms with van der Waals surface area (Å²) in [6.07, 6.45) is 0.769. The lowest BCUT2D eigenvalue weighted by atomic mass is 10.1. The number of carbonyl (C=O) groups excluding carboxylic acids is 1. The number of rotatable bonds is 5. The monoisotopic (exact) mass is 235 g/mol. The number of carboxylic acids is 1. The zero-order chi connectivity index (χ0) is 12.8. The first kappa shape index (κ1) is 13.2. The molecular weight excluding hydrogens is 218 g/mol. The quantitative estimate of drug-likeness (QED) is 0.850. The van der Waals surface area contributed by atoms with Crippen molar-refractivity contribution in [1.29, 1.82) is 0 Å². The molecule has 0 aliphatic carbocycles. The molecule has 1 amide bonds. The number of hydrogen-bond donors (Lipinski definition) is 1. The van der Waals surface area contributed by atoms with Crippen LogP contribution in [0.5, 0.6) is 0 Å². The normalized spacial score (nSPS) is 10.0. The molecule has 0 unspecified atom stereocenters. The second-order valence-corrected chi connectivity index (χ2v) is 3.80. The highest BCUT2D eigenvalue weighted by Gasteiger charge is 2.15. The summed E-state index contributed by atoms with van der Waals surface area (Å²) < 4.78 is 0. The van der Waals surface area contributed by atoms with Crippen LogP contribution in [-0.2, 0) is 16.0 Å². The molecule has 17 heavy (non-hydrogen) atoms. The molecule has 0 fully saturated rings. The Hall–Kier alpha value is -1.84. The van der Waals surface area contributed by atoms with Crippen molar-refractivity contribution in [2.75, 3.05) is 11.4 Å². The van der Waals surface area contributed by atoms with E-state index in [1.807, 2.05) is 31.2 Å². The molecule has 0 radical (unpaired) electrons. The maximum absolute atomic E-state index is 11.6. The topological polar surface area (TPSA) is 57.6 Å². The van der Waals surface area contributed by atoms with E-state index >= 15 is 0 Å². The Morgan fingerprint density at radius 1 is 1.29 bits per heavy atom. The van der Waals surface area contributed by atoms with Gasteiger partial charge in [-0.3, -0.25) is 9.59 Å². The summed E-state index contributed by atoms with van der Waals surface area (Å²) in [5.74, 6) is -1.03. The minimum Gasteiger partial charge on any atom is -0.481 e. The van der Waals surface area contributed by atoms with Crippen LogP contribution in [0.3, 0.4) is 0 Å². The lowest BCUT2D eigenvalue weighted by Gasteiger charge is -2.23. The molecule has 1 rings (SSSR count). The first-order valence-corrected chi connectivity index (χ1v) is 5.64. The summed E-state index contributed by atoms with van der Waals surface area (Å²) >= 11 is 0. The highest BCUT2D eigenvalue weighted by Crippen LogP contribution is 2.21. The number of benzene rings is 1. The minimum atomic E-state index is -0.898. The number of carboxylic acid groups (broad SMARTS) is 1. The zero-order valence-corrected chi connectivity index (χ0v) is 10.1. The molecule has 0 spiro atoms. The summed E-state index contributed by atoms with van der Waals surface area (Å²) in [7, 11) is 0. The Kier molecular flexibility index (Phi) is 4.69. The molecule has 0 heterocycles. The van der Waals surface area contributed by atoms with E-state index in [-0.39, 0.29) is 18.9 Å². The van der Waals surface area contributed by atoms with Gasteiger partial charge in [-0.05, 0) is 18.1 Å². The van der Waals surface area contributed by atoms with Gasteiger partial charge in [-0.1, -0.05) is 25.1 Å². The number of carbonyl (C=O) groups is 2. The highest BCUT2D eigenvalue weighted by atomic mass is 16.4. The Bertz CT molecular complexity index is 415. The highest BCUT2D eigenvalue weighted by molar-refractivity contribution is 5.92. The van der Waals surface area contributed by atoms with Crippen molar-refractivity contribution in [3.63, 3.8) is 0 Å². The molecule has 0 aromatic heterocycles. The van der Waals surface area contributed by atoms with Gasteiger partial charge in [0.2, 0.25) is 5.91 Å². The van der Waals surface area contributed by atoms with Gasteiger partial charge in [-0.2, -0.15) is 0 Å². The van der Waals surface area contributed by atoms with Gasteiger partial charge in [0.25, 0.3) is 0 Å². The van der Waals surface area contributed by atoms with Gasteiger partial charge in [0.15, 0.2) is 0 Å². The molecule has 0 aliphatic heterocycles. The van der Waals surface area contributed by atoms with Gasteiger partial charge in [-0.25, -0.2) is 0 Å². The maximum Gasteiger partial charge on any atom is 0.305 e. The van der Waals surface area contributed by atoms with Gasteiger partial charge in [0, 0.05) is 19.2 Å². The maximum atomic E-state index is 11.6. The van der Waals surface area contributed by atoms with Crippen LogP contribution >= 0.6 is 0 Å². The van der Waals surface area contributed by atoms with Gasteiger partial charge < -0.3 is 10.0 Å². The van der Waals surface area contributed by atoms with E-state index in [2.05, 4.69) is 0 Å². The van der Waals surface area contributed by atoms with Crippen LogP contribution in [0, 0.1) is 0 Å². The lowest BCUT2D eigenvalue weighted by molar-refractivity contribution is -0.136. The summed E-state index contributed by atoms with van der Waals surface area (Å²) in [5.41, 5.74) is 1.86. The van der Waals surface area contributed by atoms with Crippen LogP contribution < -0.4 is 4.90 Å². The number of aryl methyl sites for hydroxylation is 1. The van der Waals surface area contributed by atoms with Crippen LogP contribution in [0.1, 0.15) is 25.8 Å². The lowest BCUT2D eigenvalue weighted by Crippen LogP contribution is -2.31. The summed E-state index contributed by atoms with van der Waals surface area (Å²) in [6.45, 7) is 3.67. The third kappa shape index (κ3) is 3.59. The van der Waals surface area contributed by atoms with Crippen molar-refractivity contribution < 1.29 is 14.7 Å². The zero-order valence-electron chi connectivity index (χ0n) is 10.1. The molecule has 1 aromatic rings. The van der Waals surface area contributed by atoms with Crippen molar-refractivity contribution in [2.45, 2.75) is 26.7 Å². The molecule has 0 bridgehead atoms. The van der Waals surface area contributed by atoms with Crippen molar-refractivity contribution >= 4 is 17.6 Å². The van der Waals surface area contributed by atoms with E-state index in [9.17, 15) is 9.59 Å². The Morgan fingerprint density at radius 2 is 1.94 bits per heavy atom. The minimum absolute atomic E-state index is 0.0440. The Morgan fingerprint density at radius 3 is 2.47 bits per heavy atom. The third-order valence-electron chi connectivity index (χ3n) is 2.59. The Labute approximate surface area is 101 Å². The van der Waals surface area contributed by atoms with Crippen LogP contribution in [0.15, 0.2) is 24.3 Å². The molecule has 0 saturated heterocycles. The van der Waals surface area contributed by atoms with E-state index in [1.165, 1.54) is 11.8 Å². The fraction of sp³-hybridized carbons (Fsp3) is 0.385. The second-order valence-electron chi connectivity index (χ2n) is 3.80. The SMILES string of the molecule is CCc1ccccc1N(CCC(=O)O)C(C)=O. The van der Waals surface area contributed by atoms with Gasteiger partial charge in [0.05, 0.1) is 6.42 Å². The van der Waals surface area contributed by atoms with Crippen LogP contribution in [0.25, 0.3) is 0 Å². The van der Waals surface area contributed by atoms with Crippen LogP contribution in [-0.4, -0.2) is 23.5 Å². The number of para-hydroxylation sites is 1. The molecule has 1 aromatic carbocycles. The smallest absolute Gasteiger partial charge is 0.305 e. The fourth-order valence-corrected chi connectivity index (χ4v) is 1.73. The van der Waals surface area contributed by atoms with Crippen LogP contribution in [0.2, 0.25) is 0 Å². The first-order chi connectivity index (χ1) is 8.06. The average molecular weight is 235 g/mol.